The summed E-state index contributed by atoms with van der Waals surface area (Å²) in [5.74, 6) is -1.64. The van der Waals surface area contributed by atoms with Crippen molar-refractivity contribution in [3.05, 3.63) is 0 Å². The molecule has 1 saturated carbocycles. The Morgan fingerprint density at radius 1 is 1.44 bits per heavy atom. The molecule has 0 aromatic rings. The first-order valence-corrected chi connectivity index (χ1v) is 5.21. The minimum atomic E-state index is -1.96. The second kappa shape index (κ2) is 4.03. The third kappa shape index (κ3) is 2.70. The highest BCUT2D eigenvalue weighted by molar-refractivity contribution is 5.87. The summed E-state index contributed by atoms with van der Waals surface area (Å²) in [6.45, 7) is 2.40. The van der Waals surface area contributed by atoms with Crippen molar-refractivity contribution in [2.75, 3.05) is 6.54 Å². The van der Waals surface area contributed by atoms with Crippen molar-refractivity contribution in [3.8, 4) is 0 Å². The van der Waals surface area contributed by atoms with E-state index in [-0.39, 0.29) is 12.5 Å². The third-order valence-corrected chi connectivity index (χ3v) is 2.97. The monoisotopic (exact) mass is 230 g/mol. The van der Waals surface area contributed by atoms with Crippen molar-refractivity contribution < 1.29 is 19.8 Å². The molecule has 0 spiro atoms. The van der Waals surface area contributed by atoms with Gasteiger partial charge in [-0.2, -0.15) is 0 Å². The topological polar surface area (TPSA) is 113 Å². The van der Waals surface area contributed by atoms with Gasteiger partial charge in [-0.25, -0.2) is 4.79 Å². The van der Waals surface area contributed by atoms with Gasteiger partial charge in [0.05, 0.1) is 12.1 Å². The van der Waals surface area contributed by atoms with Crippen LogP contribution in [0.1, 0.15) is 26.7 Å². The minimum absolute atomic E-state index is 0.155. The van der Waals surface area contributed by atoms with E-state index in [0.29, 0.717) is 0 Å². The van der Waals surface area contributed by atoms with Crippen molar-refractivity contribution >= 4 is 11.9 Å². The van der Waals surface area contributed by atoms with Crippen LogP contribution in [0.25, 0.3) is 0 Å². The number of carboxylic acid groups (broad SMARTS) is 1. The van der Waals surface area contributed by atoms with Crippen molar-refractivity contribution in [3.63, 3.8) is 0 Å². The van der Waals surface area contributed by atoms with Crippen LogP contribution in [0.15, 0.2) is 0 Å². The molecule has 0 heterocycles. The van der Waals surface area contributed by atoms with Crippen LogP contribution >= 0.6 is 0 Å². The largest absolute Gasteiger partial charge is 0.479 e. The zero-order chi connectivity index (χ0) is 12.6. The maximum atomic E-state index is 11.7. The van der Waals surface area contributed by atoms with Crippen LogP contribution in [0, 0.1) is 5.92 Å². The molecule has 16 heavy (non-hydrogen) atoms. The number of aliphatic carboxylic acids is 1. The molecule has 0 bridgehead atoms. The second-order valence-electron chi connectivity index (χ2n) is 4.82. The molecule has 0 saturated heterocycles. The van der Waals surface area contributed by atoms with E-state index in [1.807, 2.05) is 0 Å². The second-order valence-corrected chi connectivity index (χ2v) is 4.82. The molecule has 5 N–H and O–H groups in total. The van der Waals surface area contributed by atoms with Gasteiger partial charge in [0.15, 0.2) is 5.60 Å². The predicted octanol–water partition coefficient (Wildman–Crippen LogP) is -0.934. The average molecular weight is 230 g/mol. The first kappa shape index (κ1) is 12.9. The lowest BCUT2D eigenvalue weighted by Crippen LogP contribution is -2.57. The number of hydrogen-bond acceptors (Lipinski definition) is 4. The van der Waals surface area contributed by atoms with E-state index < -0.39 is 23.0 Å². The number of aliphatic hydroxyl groups is 1. The van der Waals surface area contributed by atoms with Gasteiger partial charge in [0.1, 0.15) is 0 Å². The Morgan fingerprint density at radius 3 is 2.31 bits per heavy atom. The van der Waals surface area contributed by atoms with E-state index in [1.54, 1.807) is 6.92 Å². The molecule has 2 atom stereocenters. The lowest BCUT2D eigenvalue weighted by molar-refractivity contribution is -0.156. The van der Waals surface area contributed by atoms with Gasteiger partial charge in [0.2, 0.25) is 5.91 Å². The SMILES string of the molecule is CC(O)(CNC(=O)C(C)(N)C1CC1)C(=O)O. The summed E-state index contributed by atoms with van der Waals surface area (Å²) in [6.07, 6.45) is 1.82. The lowest BCUT2D eigenvalue weighted by atomic mass is 9.95. The van der Waals surface area contributed by atoms with E-state index in [2.05, 4.69) is 5.32 Å². The van der Waals surface area contributed by atoms with Gasteiger partial charge in [-0.1, -0.05) is 0 Å². The number of nitrogens with one attached hydrogen (secondary N) is 1. The number of carbonyl (C=O) groups excluding carboxylic acids is 1. The first-order valence-electron chi connectivity index (χ1n) is 5.21. The molecule has 0 aromatic heterocycles. The Bertz CT molecular complexity index is 308. The molecular weight excluding hydrogens is 212 g/mol. The fourth-order valence-corrected chi connectivity index (χ4v) is 1.39. The Balaban J connectivity index is 2.49. The van der Waals surface area contributed by atoms with E-state index in [0.717, 1.165) is 19.8 Å². The molecule has 0 radical (unpaired) electrons. The Hall–Kier alpha value is -1.14. The highest BCUT2D eigenvalue weighted by Gasteiger charge is 2.44. The molecule has 92 valence electrons. The summed E-state index contributed by atoms with van der Waals surface area (Å²) in [5, 5.41) is 20.4. The molecule has 1 rings (SSSR count). The number of carbonyl (C=O) groups is 2. The predicted molar refractivity (Wildman–Crippen MR) is 56.6 cm³/mol. The summed E-state index contributed by atoms with van der Waals surface area (Å²) in [5.41, 5.74) is 2.89. The Morgan fingerprint density at radius 2 is 1.94 bits per heavy atom. The minimum Gasteiger partial charge on any atom is -0.479 e. The van der Waals surface area contributed by atoms with Gasteiger partial charge in [0.25, 0.3) is 0 Å². The molecule has 6 heteroatoms. The Labute approximate surface area is 93.8 Å². The van der Waals surface area contributed by atoms with Crippen molar-refractivity contribution in [2.45, 2.75) is 37.8 Å². The molecule has 1 fully saturated rings. The molecule has 0 aromatic carbocycles. The van der Waals surface area contributed by atoms with Gasteiger partial charge < -0.3 is 21.3 Å². The van der Waals surface area contributed by atoms with E-state index in [1.165, 1.54) is 0 Å². The number of nitrogens with two attached hydrogens (primary N) is 1. The fourth-order valence-electron chi connectivity index (χ4n) is 1.39. The van der Waals surface area contributed by atoms with Crippen LogP contribution in [0.4, 0.5) is 0 Å². The van der Waals surface area contributed by atoms with Crippen LogP contribution in [0.3, 0.4) is 0 Å². The number of carboxylic acids is 1. The average Bonchev–Trinajstić information content (AvgIpc) is 2.96. The van der Waals surface area contributed by atoms with Crippen LogP contribution in [-0.2, 0) is 9.59 Å². The molecule has 2 unspecified atom stereocenters. The smallest absolute Gasteiger partial charge is 0.337 e. The summed E-state index contributed by atoms with van der Waals surface area (Å²) in [4.78, 5) is 22.3. The maximum Gasteiger partial charge on any atom is 0.337 e. The van der Waals surface area contributed by atoms with Crippen molar-refractivity contribution in [2.24, 2.45) is 11.7 Å². The fraction of sp³-hybridized carbons (Fsp3) is 0.800. The normalized spacial score (nSPS) is 23.0. The quantitative estimate of drug-likeness (QED) is 0.487. The lowest BCUT2D eigenvalue weighted by Gasteiger charge is -2.25. The van der Waals surface area contributed by atoms with E-state index >= 15 is 0 Å². The Kier molecular flexibility index (Phi) is 3.25. The number of hydrogen-bond donors (Lipinski definition) is 4. The van der Waals surface area contributed by atoms with Crippen LogP contribution in [0.2, 0.25) is 0 Å². The van der Waals surface area contributed by atoms with Crippen molar-refractivity contribution in [1.29, 1.82) is 0 Å². The number of rotatable bonds is 5. The summed E-state index contributed by atoms with van der Waals surface area (Å²) < 4.78 is 0. The molecular formula is C10H18N2O4. The molecule has 6 nitrogen and oxygen atoms in total. The zero-order valence-corrected chi connectivity index (χ0v) is 9.49. The van der Waals surface area contributed by atoms with Gasteiger partial charge in [0, 0.05) is 0 Å². The van der Waals surface area contributed by atoms with Gasteiger partial charge in [-0.15, -0.1) is 0 Å². The van der Waals surface area contributed by atoms with Gasteiger partial charge in [-0.05, 0) is 32.6 Å². The van der Waals surface area contributed by atoms with Crippen molar-refractivity contribution in [1.82, 2.24) is 5.32 Å². The van der Waals surface area contributed by atoms with E-state index in [4.69, 9.17) is 10.8 Å². The number of amides is 1. The highest BCUT2D eigenvalue weighted by Crippen LogP contribution is 2.38. The summed E-state index contributed by atoms with van der Waals surface area (Å²) in [6, 6.07) is 0. The summed E-state index contributed by atoms with van der Waals surface area (Å²) >= 11 is 0. The van der Waals surface area contributed by atoms with Gasteiger partial charge >= 0.3 is 5.97 Å². The molecule has 1 aliphatic carbocycles. The summed E-state index contributed by atoms with van der Waals surface area (Å²) in [7, 11) is 0. The van der Waals surface area contributed by atoms with Gasteiger partial charge in [-0.3, -0.25) is 4.79 Å². The molecule has 1 amide bonds. The standard InChI is InChI=1S/C10H18N2O4/c1-9(16,8(14)15)5-12-7(13)10(2,11)6-3-4-6/h6,16H,3-5,11H2,1-2H3,(H,12,13)(H,14,15). The third-order valence-electron chi connectivity index (χ3n) is 2.97. The molecule has 1 aliphatic rings. The first-order chi connectivity index (χ1) is 7.18. The highest BCUT2D eigenvalue weighted by atomic mass is 16.4. The van der Waals surface area contributed by atoms with Crippen LogP contribution in [-0.4, -0.2) is 39.8 Å². The van der Waals surface area contributed by atoms with E-state index in [9.17, 15) is 14.7 Å². The van der Waals surface area contributed by atoms with Crippen LogP contribution in [0.5, 0.6) is 0 Å². The molecule has 0 aliphatic heterocycles. The zero-order valence-electron chi connectivity index (χ0n) is 9.49. The maximum absolute atomic E-state index is 11.7. The van der Waals surface area contributed by atoms with Crippen LogP contribution < -0.4 is 11.1 Å².